The Hall–Kier alpha value is -1.71. The number of para-hydroxylation sites is 1. The maximum atomic E-state index is 6.25. The fourth-order valence-corrected chi connectivity index (χ4v) is 2.76. The third-order valence-electron chi connectivity index (χ3n) is 3.52. The molecule has 0 saturated carbocycles. The van der Waals surface area contributed by atoms with Crippen molar-refractivity contribution in [2.75, 3.05) is 13.7 Å². The molecule has 1 aliphatic rings. The minimum Gasteiger partial charge on any atom is -0.488 e. The van der Waals surface area contributed by atoms with Crippen LogP contribution in [0.5, 0.6) is 11.5 Å². The van der Waals surface area contributed by atoms with Gasteiger partial charge in [-0.2, -0.15) is 0 Å². The summed E-state index contributed by atoms with van der Waals surface area (Å²) in [5, 5.41) is 3.74. The summed E-state index contributed by atoms with van der Waals surface area (Å²) in [5.41, 5.74) is 2.38. The van der Waals surface area contributed by atoms with E-state index in [1.807, 2.05) is 43.4 Å². The third-order valence-corrected chi connectivity index (χ3v) is 3.81. The number of fused-ring (bicyclic) bond motifs is 1. The molecule has 4 heteroatoms. The Bertz CT molecular complexity index is 605. The Labute approximate surface area is 129 Å². The molecule has 21 heavy (non-hydrogen) atoms. The molecule has 1 heterocycles. The SMILES string of the molecule is CNCc1ccc(OCC2Cc3ccccc3O2)c(Cl)c1. The Morgan fingerprint density at radius 3 is 2.90 bits per heavy atom. The molecule has 3 rings (SSSR count). The summed E-state index contributed by atoms with van der Waals surface area (Å²) in [6, 6.07) is 14.0. The largest absolute Gasteiger partial charge is 0.488 e. The van der Waals surface area contributed by atoms with E-state index in [9.17, 15) is 0 Å². The molecule has 0 spiro atoms. The maximum absolute atomic E-state index is 6.25. The van der Waals surface area contributed by atoms with Gasteiger partial charge in [0, 0.05) is 13.0 Å². The highest BCUT2D eigenvalue weighted by Gasteiger charge is 2.23. The van der Waals surface area contributed by atoms with Gasteiger partial charge in [0.2, 0.25) is 0 Å². The molecule has 1 N–H and O–H groups in total. The van der Waals surface area contributed by atoms with E-state index in [2.05, 4.69) is 11.4 Å². The lowest BCUT2D eigenvalue weighted by molar-refractivity contribution is 0.148. The molecule has 0 aromatic heterocycles. The average molecular weight is 304 g/mol. The Kier molecular flexibility index (Phi) is 4.32. The van der Waals surface area contributed by atoms with E-state index >= 15 is 0 Å². The highest BCUT2D eigenvalue weighted by atomic mass is 35.5. The molecule has 2 aromatic carbocycles. The number of halogens is 1. The molecule has 110 valence electrons. The van der Waals surface area contributed by atoms with Crippen LogP contribution in [0.15, 0.2) is 42.5 Å². The van der Waals surface area contributed by atoms with Crippen LogP contribution in [0.4, 0.5) is 0 Å². The van der Waals surface area contributed by atoms with Gasteiger partial charge in [-0.1, -0.05) is 35.9 Å². The molecule has 0 saturated heterocycles. The van der Waals surface area contributed by atoms with Gasteiger partial charge in [-0.05, 0) is 36.4 Å². The van der Waals surface area contributed by atoms with Crippen molar-refractivity contribution >= 4 is 11.6 Å². The number of benzene rings is 2. The van der Waals surface area contributed by atoms with Gasteiger partial charge in [0.05, 0.1) is 5.02 Å². The monoisotopic (exact) mass is 303 g/mol. The Morgan fingerprint density at radius 2 is 2.14 bits per heavy atom. The van der Waals surface area contributed by atoms with E-state index in [1.54, 1.807) is 0 Å². The second kappa shape index (κ2) is 6.37. The van der Waals surface area contributed by atoms with Gasteiger partial charge < -0.3 is 14.8 Å². The van der Waals surface area contributed by atoms with E-state index < -0.39 is 0 Å². The summed E-state index contributed by atoms with van der Waals surface area (Å²) in [6.07, 6.45) is 0.932. The van der Waals surface area contributed by atoms with Crippen molar-refractivity contribution in [3.05, 3.63) is 58.6 Å². The summed E-state index contributed by atoms with van der Waals surface area (Å²) in [6.45, 7) is 1.29. The van der Waals surface area contributed by atoms with Crippen molar-refractivity contribution in [3.8, 4) is 11.5 Å². The molecular weight excluding hydrogens is 286 g/mol. The molecule has 0 amide bonds. The highest BCUT2D eigenvalue weighted by molar-refractivity contribution is 6.32. The van der Waals surface area contributed by atoms with Gasteiger partial charge in [0.25, 0.3) is 0 Å². The standard InChI is InChI=1S/C17H18ClNO2/c1-19-10-12-6-7-17(15(18)8-12)20-11-14-9-13-4-2-3-5-16(13)21-14/h2-8,14,19H,9-11H2,1H3. The minimum atomic E-state index is 0.0513. The van der Waals surface area contributed by atoms with E-state index in [0.717, 1.165) is 24.3 Å². The zero-order valence-electron chi connectivity index (χ0n) is 11.9. The second-order valence-corrected chi connectivity index (χ2v) is 5.57. The molecule has 0 aliphatic carbocycles. The topological polar surface area (TPSA) is 30.5 Å². The van der Waals surface area contributed by atoms with Crippen LogP contribution < -0.4 is 14.8 Å². The normalized spacial score (nSPS) is 16.4. The summed E-state index contributed by atoms with van der Waals surface area (Å²) >= 11 is 6.25. The fraction of sp³-hybridized carbons (Fsp3) is 0.294. The fourth-order valence-electron chi connectivity index (χ4n) is 2.51. The van der Waals surface area contributed by atoms with Crippen LogP contribution in [0.3, 0.4) is 0 Å². The molecule has 0 radical (unpaired) electrons. The molecule has 0 fully saturated rings. The van der Waals surface area contributed by atoms with Gasteiger partial charge in [0.1, 0.15) is 24.2 Å². The predicted molar refractivity (Wildman–Crippen MR) is 84.3 cm³/mol. The first-order valence-corrected chi connectivity index (χ1v) is 7.44. The minimum absolute atomic E-state index is 0.0513. The van der Waals surface area contributed by atoms with Gasteiger partial charge in [-0.25, -0.2) is 0 Å². The first kappa shape index (κ1) is 14.2. The van der Waals surface area contributed by atoms with E-state index in [1.165, 1.54) is 5.56 Å². The Morgan fingerprint density at radius 1 is 1.29 bits per heavy atom. The van der Waals surface area contributed by atoms with Crippen LogP contribution in [-0.2, 0) is 13.0 Å². The molecule has 1 atom stereocenters. The molecule has 3 nitrogen and oxygen atoms in total. The van der Waals surface area contributed by atoms with Crippen molar-refractivity contribution < 1.29 is 9.47 Å². The van der Waals surface area contributed by atoms with Gasteiger partial charge in [-0.15, -0.1) is 0 Å². The molecule has 1 unspecified atom stereocenters. The summed E-state index contributed by atoms with van der Waals surface area (Å²) in [5.74, 6) is 1.66. The van der Waals surface area contributed by atoms with Crippen molar-refractivity contribution in [1.82, 2.24) is 5.32 Å². The van der Waals surface area contributed by atoms with Gasteiger partial charge in [0.15, 0.2) is 0 Å². The molecular formula is C17H18ClNO2. The van der Waals surface area contributed by atoms with Crippen molar-refractivity contribution in [2.24, 2.45) is 0 Å². The molecule has 2 aromatic rings. The lowest BCUT2D eigenvalue weighted by atomic mass is 10.1. The number of ether oxygens (including phenoxy) is 2. The lowest BCUT2D eigenvalue weighted by Crippen LogP contribution is -2.22. The first-order valence-electron chi connectivity index (χ1n) is 7.06. The molecule has 0 bridgehead atoms. The predicted octanol–water partition coefficient (Wildman–Crippen LogP) is 3.44. The van der Waals surface area contributed by atoms with Crippen LogP contribution in [0.2, 0.25) is 5.02 Å². The zero-order chi connectivity index (χ0) is 14.7. The van der Waals surface area contributed by atoms with Crippen molar-refractivity contribution in [3.63, 3.8) is 0 Å². The van der Waals surface area contributed by atoms with E-state index in [4.69, 9.17) is 21.1 Å². The summed E-state index contributed by atoms with van der Waals surface area (Å²) in [7, 11) is 1.91. The van der Waals surface area contributed by atoms with E-state index in [0.29, 0.717) is 17.4 Å². The van der Waals surface area contributed by atoms with Crippen molar-refractivity contribution in [2.45, 2.75) is 19.1 Å². The second-order valence-electron chi connectivity index (χ2n) is 5.16. The lowest BCUT2D eigenvalue weighted by Gasteiger charge is -2.14. The number of nitrogens with one attached hydrogen (secondary N) is 1. The Balaban J connectivity index is 1.59. The summed E-state index contributed by atoms with van der Waals surface area (Å²) in [4.78, 5) is 0. The average Bonchev–Trinajstić information content (AvgIpc) is 2.89. The maximum Gasteiger partial charge on any atom is 0.138 e. The quantitative estimate of drug-likeness (QED) is 0.918. The number of hydrogen-bond donors (Lipinski definition) is 1. The van der Waals surface area contributed by atoms with Gasteiger partial charge >= 0.3 is 0 Å². The number of hydrogen-bond acceptors (Lipinski definition) is 3. The van der Waals surface area contributed by atoms with Crippen LogP contribution in [-0.4, -0.2) is 19.8 Å². The number of rotatable bonds is 5. The van der Waals surface area contributed by atoms with Crippen LogP contribution >= 0.6 is 11.6 Å². The summed E-state index contributed by atoms with van der Waals surface area (Å²) < 4.78 is 11.7. The third kappa shape index (κ3) is 3.31. The first-order chi connectivity index (χ1) is 10.3. The van der Waals surface area contributed by atoms with Crippen molar-refractivity contribution in [1.29, 1.82) is 0 Å². The van der Waals surface area contributed by atoms with Gasteiger partial charge in [-0.3, -0.25) is 0 Å². The van der Waals surface area contributed by atoms with E-state index in [-0.39, 0.29) is 6.10 Å². The zero-order valence-corrected chi connectivity index (χ0v) is 12.7. The molecule has 1 aliphatic heterocycles. The van der Waals surface area contributed by atoms with Crippen LogP contribution in [0, 0.1) is 0 Å². The smallest absolute Gasteiger partial charge is 0.138 e. The van der Waals surface area contributed by atoms with Crippen LogP contribution in [0.1, 0.15) is 11.1 Å². The van der Waals surface area contributed by atoms with Crippen LogP contribution in [0.25, 0.3) is 0 Å². The highest BCUT2D eigenvalue weighted by Crippen LogP contribution is 2.30.